The van der Waals surface area contributed by atoms with E-state index in [1.54, 1.807) is 0 Å². The van der Waals surface area contributed by atoms with Crippen molar-refractivity contribution in [2.24, 2.45) is 5.92 Å². The third-order valence-corrected chi connectivity index (χ3v) is 4.39. The lowest BCUT2D eigenvalue weighted by Gasteiger charge is -2.11. The fraction of sp³-hybridized carbons (Fsp3) is 0.600. The molecule has 0 N–H and O–H groups in total. The van der Waals surface area contributed by atoms with Crippen molar-refractivity contribution in [2.45, 2.75) is 51.5 Å². The average molecular weight is 278 g/mol. The van der Waals surface area contributed by atoms with Crippen molar-refractivity contribution in [3.63, 3.8) is 0 Å². The van der Waals surface area contributed by atoms with Gasteiger partial charge in [-0.15, -0.1) is 11.6 Å². The van der Waals surface area contributed by atoms with Crippen LogP contribution in [0, 0.1) is 12.8 Å². The summed E-state index contributed by atoms with van der Waals surface area (Å²) in [6, 6.07) is 2.09. The van der Waals surface area contributed by atoms with E-state index in [1.165, 1.54) is 32.1 Å². The number of aryl methyl sites for hydroxylation is 2. The fourth-order valence-corrected chi connectivity index (χ4v) is 3.31. The molecule has 0 aromatic carbocycles. The minimum Gasteiger partial charge on any atom is -0.312 e. The lowest BCUT2D eigenvalue weighted by molar-refractivity contribution is 0.457. The summed E-state index contributed by atoms with van der Waals surface area (Å²) >= 11 is 6.03. The van der Waals surface area contributed by atoms with Gasteiger partial charge in [0, 0.05) is 12.7 Å². The summed E-state index contributed by atoms with van der Waals surface area (Å²) in [7, 11) is 0. The van der Waals surface area contributed by atoms with E-state index in [-0.39, 0.29) is 0 Å². The molecule has 3 rings (SSSR count). The molecule has 0 amide bonds. The van der Waals surface area contributed by atoms with Crippen LogP contribution in [0.3, 0.4) is 0 Å². The zero-order chi connectivity index (χ0) is 13.2. The minimum absolute atomic E-state index is 0.458. The van der Waals surface area contributed by atoms with E-state index < -0.39 is 0 Å². The van der Waals surface area contributed by atoms with Gasteiger partial charge in [0.25, 0.3) is 0 Å². The summed E-state index contributed by atoms with van der Waals surface area (Å²) in [6.07, 6.45) is 8.70. The lowest BCUT2D eigenvalue weighted by Crippen LogP contribution is -2.07. The van der Waals surface area contributed by atoms with Crippen molar-refractivity contribution >= 4 is 22.8 Å². The second-order valence-electron chi connectivity index (χ2n) is 5.61. The van der Waals surface area contributed by atoms with Gasteiger partial charge in [-0.05, 0) is 30.9 Å². The van der Waals surface area contributed by atoms with E-state index in [9.17, 15) is 0 Å². The van der Waals surface area contributed by atoms with Crippen molar-refractivity contribution in [1.29, 1.82) is 0 Å². The zero-order valence-electron chi connectivity index (χ0n) is 11.4. The Kier molecular flexibility index (Phi) is 3.74. The highest BCUT2D eigenvalue weighted by atomic mass is 35.5. The Morgan fingerprint density at radius 1 is 1.37 bits per heavy atom. The number of nitrogens with zero attached hydrogens (tertiary/aromatic N) is 3. The van der Waals surface area contributed by atoms with Crippen LogP contribution in [0.15, 0.2) is 12.3 Å². The molecule has 0 radical (unpaired) electrons. The summed E-state index contributed by atoms with van der Waals surface area (Å²) < 4.78 is 2.21. The summed E-state index contributed by atoms with van der Waals surface area (Å²) in [6.45, 7) is 3.05. The molecule has 0 bridgehead atoms. The maximum Gasteiger partial charge on any atom is 0.160 e. The standard InChI is InChI=1S/C15H20ClN3/c1-11-8-13-15(17-10-11)19(14(9-16)18-13)7-6-12-4-2-3-5-12/h8,10,12H,2-7,9H2,1H3. The van der Waals surface area contributed by atoms with Crippen LogP contribution >= 0.6 is 11.6 Å². The second kappa shape index (κ2) is 5.49. The summed E-state index contributed by atoms with van der Waals surface area (Å²) in [5.41, 5.74) is 3.11. The van der Waals surface area contributed by atoms with Crippen LogP contribution in [0.1, 0.15) is 43.5 Å². The molecule has 1 fully saturated rings. The Morgan fingerprint density at radius 2 is 2.16 bits per heavy atom. The van der Waals surface area contributed by atoms with E-state index in [0.717, 1.165) is 35.0 Å². The lowest BCUT2D eigenvalue weighted by atomic mass is 10.0. The minimum atomic E-state index is 0.458. The molecule has 1 saturated carbocycles. The molecule has 0 saturated heterocycles. The molecule has 19 heavy (non-hydrogen) atoms. The molecule has 2 aromatic heterocycles. The van der Waals surface area contributed by atoms with Crippen molar-refractivity contribution in [3.8, 4) is 0 Å². The first-order valence-electron chi connectivity index (χ1n) is 7.15. The number of rotatable bonds is 4. The van der Waals surface area contributed by atoms with E-state index in [1.807, 2.05) is 13.1 Å². The Hall–Kier alpha value is -1.09. The molecule has 0 atom stereocenters. The molecule has 0 spiro atoms. The Labute approximate surface area is 119 Å². The molecule has 2 aromatic rings. The number of fused-ring (bicyclic) bond motifs is 1. The quantitative estimate of drug-likeness (QED) is 0.789. The Bertz CT molecular complexity index is 570. The number of aromatic nitrogens is 3. The topological polar surface area (TPSA) is 30.7 Å². The third-order valence-electron chi connectivity index (χ3n) is 4.16. The van der Waals surface area contributed by atoms with E-state index in [4.69, 9.17) is 11.6 Å². The van der Waals surface area contributed by atoms with Gasteiger partial charge >= 0.3 is 0 Å². The monoisotopic (exact) mass is 277 g/mol. The third kappa shape index (κ3) is 2.62. The van der Waals surface area contributed by atoms with Crippen LogP contribution in [-0.4, -0.2) is 14.5 Å². The van der Waals surface area contributed by atoms with Gasteiger partial charge in [0.15, 0.2) is 5.65 Å². The van der Waals surface area contributed by atoms with Gasteiger partial charge in [-0.25, -0.2) is 9.97 Å². The molecular weight excluding hydrogens is 258 g/mol. The van der Waals surface area contributed by atoms with Crippen LogP contribution in [-0.2, 0) is 12.4 Å². The molecule has 4 heteroatoms. The molecule has 0 aliphatic heterocycles. The smallest absolute Gasteiger partial charge is 0.160 e. The maximum atomic E-state index is 6.03. The Balaban J connectivity index is 1.87. The van der Waals surface area contributed by atoms with Crippen LogP contribution in [0.5, 0.6) is 0 Å². The summed E-state index contributed by atoms with van der Waals surface area (Å²) in [5.74, 6) is 2.29. The number of imidazole rings is 1. The highest BCUT2D eigenvalue weighted by Gasteiger charge is 2.17. The molecule has 1 aliphatic rings. The summed E-state index contributed by atoms with van der Waals surface area (Å²) in [5, 5.41) is 0. The van der Waals surface area contributed by atoms with Crippen LogP contribution in [0.25, 0.3) is 11.2 Å². The van der Waals surface area contributed by atoms with E-state index in [0.29, 0.717) is 5.88 Å². The first-order valence-corrected chi connectivity index (χ1v) is 7.69. The van der Waals surface area contributed by atoms with Gasteiger partial charge < -0.3 is 4.57 Å². The van der Waals surface area contributed by atoms with Gasteiger partial charge in [0.05, 0.1) is 5.88 Å². The van der Waals surface area contributed by atoms with Gasteiger partial charge in [-0.1, -0.05) is 25.7 Å². The average Bonchev–Trinajstić information content (AvgIpc) is 3.02. The van der Waals surface area contributed by atoms with Crippen molar-refractivity contribution in [1.82, 2.24) is 14.5 Å². The number of pyridine rings is 1. The van der Waals surface area contributed by atoms with Crippen LogP contribution < -0.4 is 0 Å². The van der Waals surface area contributed by atoms with E-state index in [2.05, 4.69) is 20.6 Å². The van der Waals surface area contributed by atoms with Gasteiger partial charge in [0.2, 0.25) is 0 Å². The van der Waals surface area contributed by atoms with Crippen molar-refractivity contribution < 1.29 is 0 Å². The number of hydrogen-bond donors (Lipinski definition) is 0. The predicted octanol–water partition coefficient (Wildman–Crippen LogP) is 4.06. The molecule has 0 unspecified atom stereocenters. The SMILES string of the molecule is Cc1cnc2c(c1)nc(CCl)n2CCC1CCCC1. The van der Waals surface area contributed by atoms with Crippen LogP contribution in [0.4, 0.5) is 0 Å². The number of halogens is 1. The van der Waals surface area contributed by atoms with Crippen molar-refractivity contribution in [3.05, 3.63) is 23.7 Å². The van der Waals surface area contributed by atoms with E-state index >= 15 is 0 Å². The summed E-state index contributed by atoms with van der Waals surface area (Å²) in [4.78, 5) is 9.14. The molecule has 2 heterocycles. The molecular formula is C15H20ClN3. The Morgan fingerprint density at radius 3 is 2.89 bits per heavy atom. The highest BCUT2D eigenvalue weighted by molar-refractivity contribution is 6.16. The van der Waals surface area contributed by atoms with Gasteiger partial charge in [-0.3, -0.25) is 0 Å². The number of hydrogen-bond acceptors (Lipinski definition) is 2. The van der Waals surface area contributed by atoms with Gasteiger partial charge in [-0.2, -0.15) is 0 Å². The predicted molar refractivity (Wildman–Crippen MR) is 78.4 cm³/mol. The first-order chi connectivity index (χ1) is 9.28. The molecule has 3 nitrogen and oxygen atoms in total. The number of alkyl halides is 1. The highest BCUT2D eigenvalue weighted by Crippen LogP contribution is 2.28. The normalized spacial score (nSPS) is 16.5. The van der Waals surface area contributed by atoms with Crippen LogP contribution in [0.2, 0.25) is 0 Å². The largest absolute Gasteiger partial charge is 0.312 e. The maximum absolute atomic E-state index is 6.03. The second-order valence-corrected chi connectivity index (χ2v) is 5.88. The fourth-order valence-electron chi connectivity index (χ4n) is 3.11. The first kappa shape index (κ1) is 12.9. The molecule has 102 valence electrons. The zero-order valence-corrected chi connectivity index (χ0v) is 12.2. The molecule has 1 aliphatic carbocycles. The van der Waals surface area contributed by atoms with Crippen molar-refractivity contribution in [2.75, 3.05) is 0 Å². The van der Waals surface area contributed by atoms with Gasteiger partial charge in [0.1, 0.15) is 11.3 Å².